The van der Waals surface area contributed by atoms with Gasteiger partial charge in [0.25, 0.3) is 11.8 Å². The summed E-state index contributed by atoms with van der Waals surface area (Å²) < 4.78 is 11.7. The van der Waals surface area contributed by atoms with Gasteiger partial charge in [0.05, 0.1) is 12.3 Å². The van der Waals surface area contributed by atoms with E-state index in [2.05, 4.69) is 6.07 Å². The average molecular weight is 509 g/mol. The van der Waals surface area contributed by atoms with E-state index in [1.165, 1.54) is 6.26 Å². The number of carbonyl (C=O) groups is 2. The Bertz CT molecular complexity index is 1370. The number of ether oxygens (including phenoxy) is 1. The van der Waals surface area contributed by atoms with Gasteiger partial charge in [-0.2, -0.15) is 0 Å². The number of hydrogen-bond acceptors (Lipinski definition) is 4. The lowest BCUT2D eigenvalue weighted by atomic mass is 9.87. The molecule has 194 valence electrons. The van der Waals surface area contributed by atoms with Crippen LogP contribution in [0.25, 0.3) is 0 Å². The number of furan rings is 1. The highest BCUT2D eigenvalue weighted by atomic mass is 16.5. The Morgan fingerprint density at radius 3 is 2.42 bits per heavy atom. The van der Waals surface area contributed by atoms with Crippen molar-refractivity contribution >= 4 is 11.8 Å². The number of likely N-dealkylation sites (N-methyl/N-ethyl adjacent to an activating group) is 1. The molecule has 0 radical (unpaired) electrons. The Labute approximate surface area is 223 Å². The predicted molar refractivity (Wildman–Crippen MR) is 146 cm³/mol. The smallest absolute Gasteiger partial charge is 0.290 e. The molecule has 2 heterocycles. The predicted octanol–water partition coefficient (Wildman–Crippen LogP) is 5.88. The molecule has 4 aromatic rings. The second-order valence-electron chi connectivity index (χ2n) is 9.59. The van der Waals surface area contributed by atoms with E-state index < -0.39 is 6.10 Å². The first-order valence-electron chi connectivity index (χ1n) is 13.0. The molecule has 2 atom stereocenters. The minimum Gasteiger partial charge on any atom is -0.481 e. The maximum absolute atomic E-state index is 13.4. The van der Waals surface area contributed by atoms with Crippen molar-refractivity contribution in [1.29, 1.82) is 0 Å². The lowest BCUT2D eigenvalue weighted by Gasteiger charge is -2.37. The van der Waals surface area contributed by atoms with Crippen LogP contribution in [0.4, 0.5) is 0 Å². The van der Waals surface area contributed by atoms with Gasteiger partial charge in [0.1, 0.15) is 5.75 Å². The zero-order valence-electron chi connectivity index (χ0n) is 21.7. The molecular weight excluding hydrogens is 476 g/mol. The summed E-state index contributed by atoms with van der Waals surface area (Å²) in [5.74, 6) is 0.721. The zero-order chi connectivity index (χ0) is 26.5. The van der Waals surface area contributed by atoms with Gasteiger partial charge in [-0.1, -0.05) is 73.7 Å². The topological polar surface area (TPSA) is 63.0 Å². The second-order valence-corrected chi connectivity index (χ2v) is 9.59. The van der Waals surface area contributed by atoms with Crippen LogP contribution in [0.15, 0.2) is 102 Å². The average Bonchev–Trinajstić information content (AvgIpc) is 3.50. The van der Waals surface area contributed by atoms with Crippen molar-refractivity contribution in [1.82, 2.24) is 9.80 Å². The maximum atomic E-state index is 13.4. The first kappa shape index (κ1) is 25.3. The Kier molecular flexibility index (Phi) is 7.59. The van der Waals surface area contributed by atoms with Crippen LogP contribution < -0.4 is 4.74 Å². The molecule has 1 aliphatic heterocycles. The van der Waals surface area contributed by atoms with E-state index in [1.54, 1.807) is 24.1 Å². The summed E-state index contributed by atoms with van der Waals surface area (Å²) in [7, 11) is 1.80. The summed E-state index contributed by atoms with van der Waals surface area (Å²) in [6.07, 6.45) is 2.17. The van der Waals surface area contributed by atoms with Crippen molar-refractivity contribution in [2.24, 2.45) is 0 Å². The summed E-state index contributed by atoms with van der Waals surface area (Å²) in [5.41, 5.74) is 4.24. The number of amides is 2. The summed E-state index contributed by atoms with van der Waals surface area (Å²) in [6, 6.07) is 29.0. The molecule has 6 nitrogen and oxygen atoms in total. The highest BCUT2D eigenvalue weighted by Gasteiger charge is 2.34. The van der Waals surface area contributed by atoms with Crippen molar-refractivity contribution in [3.05, 3.63) is 125 Å². The number of hydrogen-bond donors (Lipinski definition) is 0. The second kappa shape index (κ2) is 11.4. The van der Waals surface area contributed by atoms with Crippen LogP contribution in [0.5, 0.6) is 5.75 Å². The zero-order valence-corrected chi connectivity index (χ0v) is 21.7. The molecule has 0 saturated carbocycles. The molecule has 0 spiro atoms. The lowest BCUT2D eigenvalue weighted by molar-refractivity contribution is -0.138. The molecule has 1 aliphatic rings. The molecule has 0 aliphatic carbocycles. The Morgan fingerprint density at radius 2 is 1.74 bits per heavy atom. The molecule has 1 aromatic heterocycles. The summed E-state index contributed by atoms with van der Waals surface area (Å²) in [6.45, 7) is 3.05. The van der Waals surface area contributed by atoms with E-state index in [0.29, 0.717) is 31.0 Å². The number of rotatable bonds is 8. The van der Waals surface area contributed by atoms with Gasteiger partial charge in [0.2, 0.25) is 0 Å². The normalized spacial score (nSPS) is 15.4. The highest BCUT2D eigenvalue weighted by molar-refractivity contribution is 5.92. The standard InChI is InChI=1S/C32H32N2O4/c1-3-28(31(35)33(2)22-23-11-6-4-7-12-23)38-26-17-16-24-18-19-34(32(36)29-15-10-20-37-29)30(27(24)21-26)25-13-8-5-9-14-25/h4-17,20-21,28,30H,3,18-19,22H2,1-2H3. The summed E-state index contributed by atoms with van der Waals surface area (Å²) in [4.78, 5) is 30.3. The van der Waals surface area contributed by atoms with E-state index >= 15 is 0 Å². The lowest BCUT2D eigenvalue weighted by Crippen LogP contribution is -2.41. The molecule has 0 N–H and O–H groups in total. The van der Waals surface area contributed by atoms with Gasteiger partial charge in [-0.15, -0.1) is 0 Å². The third-order valence-electron chi connectivity index (χ3n) is 7.02. The first-order valence-corrected chi connectivity index (χ1v) is 13.0. The molecule has 5 rings (SSSR count). The van der Waals surface area contributed by atoms with Crippen LogP contribution >= 0.6 is 0 Å². The molecule has 6 heteroatoms. The summed E-state index contributed by atoms with van der Waals surface area (Å²) >= 11 is 0. The van der Waals surface area contributed by atoms with Crippen LogP contribution in [0.3, 0.4) is 0 Å². The molecule has 3 aromatic carbocycles. The Morgan fingerprint density at radius 1 is 1.00 bits per heavy atom. The fraction of sp³-hybridized carbons (Fsp3) is 0.250. The molecule has 38 heavy (non-hydrogen) atoms. The maximum Gasteiger partial charge on any atom is 0.290 e. The van der Waals surface area contributed by atoms with Crippen LogP contribution in [-0.4, -0.2) is 41.3 Å². The summed E-state index contributed by atoms with van der Waals surface area (Å²) in [5, 5.41) is 0. The Hall–Kier alpha value is -4.32. The quantitative estimate of drug-likeness (QED) is 0.298. The fourth-order valence-electron chi connectivity index (χ4n) is 5.08. The molecular formula is C32H32N2O4. The number of benzene rings is 3. The van der Waals surface area contributed by atoms with Crippen LogP contribution in [0.1, 0.15) is 52.2 Å². The molecule has 0 bridgehead atoms. The van der Waals surface area contributed by atoms with Crippen molar-refractivity contribution in [2.45, 2.75) is 38.5 Å². The van der Waals surface area contributed by atoms with Crippen molar-refractivity contribution in [3.8, 4) is 5.75 Å². The fourth-order valence-corrected chi connectivity index (χ4v) is 5.08. The van der Waals surface area contributed by atoms with Gasteiger partial charge in [-0.3, -0.25) is 9.59 Å². The van der Waals surface area contributed by atoms with Gasteiger partial charge in [-0.05, 0) is 59.4 Å². The van der Waals surface area contributed by atoms with E-state index in [9.17, 15) is 9.59 Å². The van der Waals surface area contributed by atoms with Crippen LogP contribution in [0, 0.1) is 0 Å². The van der Waals surface area contributed by atoms with E-state index in [0.717, 1.165) is 28.7 Å². The van der Waals surface area contributed by atoms with E-state index in [4.69, 9.17) is 9.15 Å². The molecule has 0 saturated heterocycles. The highest BCUT2D eigenvalue weighted by Crippen LogP contribution is 2.38. The van der Waals surface area contributed by atoms with Gasteiger partial charge >= 0.3 is 0 Å². The third-order valence-corrected chi connectivity index (χ3v) is 7.02. The Balaban J connectivity index is 1.42. The van der Waals surface area contributed by atoms with E-state index in [-0.39, 0.29) is 17.9 Å². The molecule has 2 amide bonds. The monoisotopic (exact) mass is 508 g/mol. The number of fused-ring (bicyclic) bond motifs is 1. The van der Waals surface area contributed by atoms with E-state index in [1.807, 2.05) is 84.6 Å². The largest absolute Gasteiger partial charge is 0.481 e. The third kappa shape index (κ3) is 5.35. The van der Waals surface area contributed by atoms with Gasteiger partial charge in [0.15, 0.2) is 11.9 Å². The minimum absolute atomic E-state index is 0.0664. The van der Waals surface area contributed by atoms with Gasteiger partial charge < -0.3 is 19.0 Å². The molecule has 0 fully saturated rings. The van der Waals surface area contributed by atoms with Crippen LogP contribution in [-0.2, 0) is 17.8 Å². The van der Waals surface area contributed by atoms with Gasteiger partial charge in [-0.25, -0.2) is 0 Å². The molecule has 2 unspecified atom stereocenters. The minimum atomic E-state index is -0.610. The number of carbonyl (C=O) groups excluding carboxylic acids is 2. The first-order chi connectivity index (χ1) is 18.5. The SMILES string of the molecule is CCC(Oc1ccc2c(c1)C(c1ccccc1)N(C(=O)c1ccco1)CC2)C(=O)N(C)Cc1ccccc1. The van der Waals surface area contributed by atoms with Crippen molar-refractivity contribution in [3.63, 3.8) is 0 Å². The van der Waals surface area contributed by atoms with Crippen molar-refractivity contribution < 1.29 is 18.7 Å². The van der Waals surface area contributed by atoms with Crippen LogP contribution in [0.2, 0.25) is 0 Å². The van der Waals surface area contributed by atoms with Crippen molar-refractivity contribution in [2.75, 3.05) is 13.6 Å². The number of nitrogens with zero attached hydrogens (tertiary/aromatic N) is 2. The van der Waals surface area contributed by atoms with Gasteiger partial charge in [0, 0.05) is 20.1 Å².